The highest BCUT2D eigenvalue weighted by Gasteiger charge is 2.26. The third kappa shape index (κ3) is 23.2. The van der Waals surface area contributed by atoms with Gasteiger partial charge in [0.05, 0.1) is 0 Å². The molecule has 0 spiro atoms. The molecule has 2 N–H and O–H groups in total. The summed E-state index contributed by atoms with van der Waals surface area (Å²) in [4.78, 5) is 15.0. The number of benzene rings is 1. The zero-order valence-corrected chi connectivity index (χ0v) is 32.3. The molecule has 1 fully saturated rings. The maximum absolute atomic E-state index is 12.5. The van der Waals surface area contributed by atoms with Crippen molar-refractivity contribution in [3.8, 4) is 0 Å². The number of hydrogen-bond donors (Lipinski definition) is 2. The van der Waals surface area contributed by atoms with Gasteiger partial charge < -0.3 is 15.5 Å². The van der Waals surface area contributed by atoms with Crippen LogP contribution in [0.2, 0.25) is 0 Å². The molecule has 0 bridgehead atoms. The number of unbranched alkanes of at least 4 members (excludes halogenated alkanes) is 1. The number of aryl methyl sites for hydroxylation is 1. The van der Waals surface area contributed by atoms with Crippen LogP contribution in [-0.4, -0.2) is 49.2 Å². The van der Waals surface area contributed by atoms with Gasteiger partial charge in [0, 0.05) is 37.2 Å². The Morgan fingerprint density at radius 2 is 1.74 bits per heavy atom. The van der Waals surface area contributed by atoms with Crippen LogP contribution in [0, 0.1) is 12.8 Å². The minimum Gasteiger partial charge on any atom is -0.381 e. The topological polar surface area (TPSA) is 44.4 Å². The Bertz CT molecular complexity index is 1190. The van der Waals surface area contributed by atoms with E-state index in [1.165, 1.54) is 36.5 Å². The second-order valence-electron chi connectivity index (χ2n) is 12.8. The van der Waals surface area contributed by atoms with Crippen molar-refractivity contribution >= 4 is 5.91 Å². The minimum absolute atomic E-state index is 0.224. The summed E-state index contributed by atoms with van der Waals surface area (Å²) in [7, 11) is 0. The van der Waals surface area contributed by atoms with E-state index in [1.807, 2.05) is 19.9 Å². The first-order valence-electron chi connectivity index (χ1n) is 18.7. The molecule has 0 aliphatic carbocycles. The SMILES string of the molecule is C=C(C)NCC(F)(F)F.C=C/C(=C\C=C/C)C(CCCCN1CCC(NC(=O)CCCC(C)/C=C\C=C/CC)CC1)c1ccccc1C.CC. The highest BCUT2D eigenvalue weighted by molar-refractivity contribution is 5.76. The van der Waals surface area contributed by atoms with Crippen LogP contribution in [0.5, 0.6) is 0 Å². The summed E-state index contributed by atoms with van der Waals surface area (Å²) in [5.41, 5.74) is 4.40. The smallest absolute Gasteiger partial charge is 0.381 e. The van der Waals surface area contributed by atoms with E-state index in [2.05, 4.69) is 123 Å². The monoisotopic (exact) mass is 700 g/mol. The van der Waals surface area contributed by atoms with Crippen LogP contribution in [0.3, 0.4) is 0 Å². The van der Waals surface area contributed by atoms with Crippen molar-refractivity contribution in [3.05, 3.63) is 108 Å². The summed E-state index contributed by atoms with van der Waals surface area (Å²) in [5, 5.41) is 5.36. The van der Waals surface area contributed by atoms with Crippen LogP contribution in [0.25, 0.3) is 0 Å². The fourth-order valence-electron chi connectivity index (χ4n) is 5.70. The summed E-state index contributed by atoms with van der Waals surface area (Å²) in [6, 6.07) is 9.10. The van der Waals surface area contributed by atoms with Crippen molar-refractivity contribution in [2.45, 2.75) is 124 Å². The Labute approximate surface area is 303 Å². The van der Waals surface area contributed by atoms with E-state index < -0.39 is 12.7 Å². The summed E-state index contributed by atoms with van der Waals surface area (Å²) in [5.74, 6) is 1.13. The van der Waals surface area contributed by atoms with Crippen molar-refractivity contribution < 1.29 is 18.0 Å². The molecule has 2 atom stereocenters. The summed E-state index contributed by atoms with van der Waals surface area (Å²) in [6.45, 7) is 23.8. The van der Waals surface area contributed by atoms with Gasteiger partial charge in [-0.1, -0.05) is 120 Å². The van der Waals surface area contributed by atoms with Gasteiger partial charge in [-0.2, -0.15) is 13.2 Å². The lowest BCUT2D eigenvalue weighted by Gasteiger charge is -2.32. The number of nitrogens with one attached hydrogen (secondary N) is 2. The molecule has 7 heteroatoms. The molecule has 4 nitrogen and oxygen atoms in total. The Balaban J connectivity index is 0.00000189. The number of carbonyl (C=O) groups excluding carboxylic acids is 1. The molecule has 1 aromatic carbocycles. The maximum atomic E-state index is 12.5. The second kappa shape index (κ2) is 28.4. The molecule has 0 radical (unpaired) electrons. The second-order valence-corrected chi connectivity index (χ2v) is 12.8. The van der Waals surface area contributed by atoms with Crippen molar-refractivity contribution in [1.29, 1.82) is 0 Å². The first-order chi connectivity index (χ1) is 23.9. The van der Waals surface area contributed by atoms with Gasteiger partial charge in [0.1, 0.15) is 6.54 Å². The zero-order chi connectivity index (χ0) is 37.8. The Hall–Kier alpha value is -3.32. The van der Waals surface area contributed by atoms with Crippen molar-refractivity contribution in [1.82, 2.24) is 15.5 Å². The number of nitrogens with zero attached hydrogens (tertiary/aromatic N) is 1. The molecule has 1 aliphatic heterocycles. The lowest BCUT2D eigenvalue weighted by molar-refractivity contribution is -0.123. The van der Waals surface area contributed by atoms with Gasteiger partial charge in [0.15, 0.2) is 0 Å². The molecule has 0 saturated carbocycles. The van der Waals surface area contributed by atoms with Crippen LogP contribution in [0.4, 0.5) is 13.2 Å². The van der Waals surface area contributed by atoms with E-state index >= 15 is 0 Å². The predicted octanol–water partition coefficient (Wildman–Crippen LogP) is 11.5. The number of halogens is 3. The van der Waals surface area contributed by atoms with E-state index in [4.69, 9.17) is 0 Å². The largest absolute Gasteiger partial charge is 0.405 e. The molecule has 282 valence electrons. The predicted molar refractivity (Wildman–Crippen MR) is 210 cm³/mol. The molecule has 1 aliphatic rings. The van der Waals surface area contributed by atoms with E-state index in [0.29, 0.717) is 30.0 Å². The number of carbonyl (C=O) groups is 1. The zero-order valence-electron chi connectivity index (χ0n) is 32.3. The average Bonchev–Trinajstić information content (AvgIpc) is 3.09. The van der Waals surface area contributed by atoms with Gasteiger partial charge in [-0.05, 0) is 94.9 Å². The number of allylic oxidation sites excluding steroid dienone is 10. The first kappa shape index (κ1) is 46.7. The average molecular weight is 700 g/mol. The molecule has 0 aromatic heterocycles. The van der Waals surface area contributed by atoms with Gasteiger partial charge in [0.2, 0.25) is 5.91 Å². The number of hydrogen-bond acceptors (Lipinski definition) is 3. The normalized spacial score (nSPS) is 15.6. The summed E-state index contributed by atoms with van der Waals surface area (Å²) < 4.78 is 33.9. The lowest BCUT2D eigenvalue weighted by Crippen LogP contribution is -2.44. The van der Waals surface area contributed by atoms with Crippen LogP contribution < -0.4 is 10.6 Å². The fraction of sp³-hybridized carbons (Fsp3) is 0.558. The van der Waals surface area contributed by atoms with Crippen LogP contribution in [0.1, 0.15) is 116 Å². The van der Waals surface area contributed by atoms with E-state index in [0.717, 1.165) is 58.2 Å². The minimum atomic E-state index is -4.14. The number of piperidine rings is 1. The molecular weight excluding hydrogens is 631 g/mol. The summed E-state index contributed by atoms with van der Waals surface area (Å²) in [6.07, 6.45) is 22.3. The molecule has 50 heavy (non-hydrogen) atoms. The number of alkyl halides is 3. The van der Waals surface area contributed by atoms with Crippen LogP contribution in [-0.2, 0) is 4.79 Å². The number of amides is 1. The number of rotatable bonds is 19. The standard InChI is InChI=1S/C36H54N2O.C5H8F3N.C2H6/c1-6-9-11-12-18-30(4)19-17-24-36(39)37-33-25-28-38(29-26-33)27-16-15-23-35(32(8-3)21-10-7-2)34-22-14-13-20-31(34)5;1-4(2)9-3-5(6,7)8;1-2/h7-14,18,20-22,30,33,35H,3,6,15-17,19,23-29H2,1-2,4-5H3,(H,37,39);9H,1,3H2,2H3;1-2H3/b10-7-,11-9-,18-12-,32-21+;;. The van der Waals surface area contributed by atoms with Crippen molar-refractivity contribution in [2.24, 2.45) is 5.92 Å². The molecular formula is C43H68F3N3O. The van der Waals surface area contributed by atoms with Gasteiger partial charge in [-0.15, -0.1) is 0 Å². The van der Waals surface area contributed by atoms with Crippen molar-refractivity contribution in [2.75, 3.05) is 26.2 Å². The molecule has 1 saturated heterocycles. The molecule has 1 heterocycles. The van der Waals surface area contributed by atoms with Gasteiger partial charge in [-0.25, -0.2) is 0 Å². The Morgan fingerprint density at radius 3 is 2.30 bits per heavy atom. The lowest BCUT2D eigenvalue weighted by atomic mass is 9.84. The quantitative estimate of drug-likeness (QED) is 0.112. The van der Waals surface area contributed by atoms with E-state index in [-0.39, 0.29) is 5.91 Å². The van der Waals surface area contributed by atoms with Crippen LogP contribution >= 0.6 is 0 Å². The Morgan fingerprint density at radius 1 is 1.06 bits per heavy atom. The van der Waals surface area contributed by atoms with Crippen LogP contribution in [0.15, 0.2) is 97.3 Å². The highest BCUT2D eigenvalue weighted by atomic mass is 19.4. The molecule has 1 aromatic rings. The van der Waals surface area contributed by atoms with E-state index in [1.54, 1.807) is 0 Å². The molecule has 2 rings (SSSR count). The first-order valence-corrected chi connectivity index (χ1v) is 18.7. The third-order valence-corrected chi connectivity index (χ3v) is 8.43. The number of likely N-dealkylation sites (tertiary alicyclic amines) is 1. The van der Waals surface area contributed by atoms with Gasteiger partial charge in [0.25, 0.3) is 0 Å². The van der Waals surface area contributed by atoms with E-state index in [9.17, 15) is 18.0 Å². The highest BCUT2D eigenvalue weighted by Crippen LogP contribution is 2.32. The van der Waals surface area contributed by atoms with Gasteiger partial charge in [-0.3, -0.25) is 4.79 Å². The molecule has 2 unspecified atom stereocenters. The molecule has 1 amide bonds. The maximum Gasteiger partial charge on any atom is 0.405 e. The van der Waals surface area contributed by atoms with Gasteiger partial charge >= 0.3 is 6.18 Å². The van der Waals surface area contributed by atoms with Crippen molar-refractivity contribution in [3.63, 3.8) is 0 Å². The summed E-state index contributed by atoms with van der Waals surface area (Å²) >= 11 is 0. The fourth-order valence-corrected chi connectivity index (χ4v) is 5.70. The Kier molecular flexibility index (Phi) is 26.5. The third-order valence-electron chi connectivity index (χ3n) is 8.43.